The molecule has 0 heterocycles. The number of benzene rings is 2. The van der Waals surface area contributed by atoms with Crippen molar-refractivity contribution in [1.29, 1.82) is 0 Å². The second-order valence-electron chi connectivity index (χ2n) is 6.11. The van der Waals surface area contributed by atoms with Crippen LogP contribution in [0.5, 0.6) is 28.7 Å². The summed E-state index contributed by atoms with van der Waals surface area (Å²) in [6.45, 7) is 3.58. The molecule has 2 aromatic rings. The summed E-state index contributed by atoms with van der Waals surface area (Å²) in [7, 11) is 3.10. The molecule has 0 N–H and O–H groups in total. The maximum Gasteiger partial charge on any atom is 0.308 e. The largest absolute Gasteiger partial charge is 0.497 e. The van der Waals surface area contributed by atoms with Gasteiger partial charge in [0.15, 0.2) is 11.5 Å². The van der Waals surface area contributed by atoms with E-state index in [0.717, 1.165) is 5.56 Å². The van der Waals surface area contributed by atoms with Gasteiger partial charge in [0, 0.05) is 26.8 Å². The lowest BCUT2D eigenvalue weighted by Crippen LogP contribution is -2.10. The Morgan fingerprint density at radius 1 is 0.633 bits per heavy atom. The van der Waals surface area contributed by atoms with Crippen LogP contribution in [-0.2, 0) is 14.4 Å². The summed E-state index contributed by atoms with van der Waals surface area (Å²) in [4.78, 5) is 34.5. The van der Waals surface area contributed by atoms with Crippen molar-refractivity contribution < 1.29 is 38.1 Å². The number of carbonyl (C=O) groups is 3. The lowest BCUT2D eigenvalue weighted by atomic mass is 10.1. The van der Waals surface area contributed by atoms with Crippen molar-refractivity contribution in [3.05, 3.63) is 41.5 Å². The molecule has 0 bridgehead atoms. The van der Waals surface area contributed by atoms with Crippen LogP contribution < -0.4 is 23.7 Å². The Hall–Kier alpha value is -3.81. The first-order chi connectivity index (χ1) is 14.2. The Kier molecular flexibility index (Phi) is 7.57. The molecule has 158 valence electrons. The van der Waals surface area contributed by atoms with Gasteiger partial charge in [0.1, 0.15) is 11.5 Å². The van der Waals surface area contributed by atoms with Gasteiger partial charge in [0.25, 0.3) is 0 Å². The molecule has 0 saturated carbocycles. The van der Waals surface area contributed by atoms with Crippen LogP contribution in [0, 0.1) is 0 Å². The minimum Gasteiger partial charge on any atom is -0.497 e. The van der Waals surface area contributed by atoms with Gasteiger partial charge in [-0.15, -0.1) is 0 Å². The molecule has 2 aromatic carbocycles. The smallest absolute Gasteiger partial charge is 0.308 e. The molecule has 2 rings (SSSR count). The molecule has 0 spiro atoms. The zero-order chi connectivity index (χ0) is 22.3. The zero-order valence-electron chi connectivity index (χ0n) is 17.3. The van der Waals surface area contributed by atoms with Crippen LogP contribution in [0.4, 0.5) is 0 Å². The predicted molar refractivity (Wildman–Crippen MR) is 109 cm³/mol. The first-order valence-electron chi connectivity index (χ1n) is 8.86. The fourth-order valence-electron chi connectivity index (χ4n) is 2.52. The summed E-state index contributed by atoms with van der Waals surface area (Å²) in [6, 6.07) is 8.31. The highest BCUT2D eigenvalue weighted by atomic mass is 16.6. The second kappa shape index (κ2) is 10.1. The average molecular weight is 414 g/mol. The minimum atomic E-state index is -0.663. The summed E-state index contributed by atoms with van der Waals surface area (Å²) in [5, 5.41) is 0. The molecule has 0 aliphatic carbocycles. The second-order valence-corrected chi connectivity index (χ2v) is 6.11. The standard InChI is InChI=1S/C22H22O8/c1-13(23)28-20-10-17(11-21(29-14(2)24)22(20)30-15(3)25)7-6-16-8-18(26-4)12-19(9-16)27-5/h6-12H,1-5H3/b7-6+. The van der Waals surface area contributed by atoms with Crippen LogP contribution in [0.25, 0.3) is 12.2 Å². The van der Waals surface area contributed by atoms with E-state index in [0.29, 0.717) is 17.1 Å². The van der Waals surface area contributed by atoms with Crippen LogP contribution in [-0.4, -0.2) is 32.1 Å². The quantitative estimate of drug-likeness (QED) is 0.385. The zero-order valence-corrected chi connectivity index (χ0v) is 17.3. The maximum absolute atomic E-state index is 11.5. The van der Waals surface area contributed by atoms with Gasteiger partial charge in [-0.2, -0.15) is 0 Å². The topological polar surface area (TPSA) is 97.4 Å². The fraction of sp³-hybridized carbons (Fsp3) is 0.227. The lowest BCUT2D eigenvalue weighted by molar-refractivity contribution is -0.135. The van der Waals surface area contributed by atoms with E-state index in [9.17, 15) is 14.4 Å². The van der Waals surface area contributed by atoms with Crippen molar-refractivity contribution in [2.75, 3.05) is 14.2 Å². The Morgan fingerprint density at radius 2 is 1.03 bits per heavy atom. The van der Waals surface area contributed by atoms with Gasteiger partial charge in [-0.3, -0.25) is 14.4 Å². The molecule has 8 heteroatoms. The highest BCUT2D eigenvalue weighted by Gasteiger charge is 2.19. The minimum absolute atomic E-state index is 0.0562. The van der Waals surface area contributed by atoms with E-state index in [1.807, 2.05) is 0 Å². The van der Waals surface area contributed by atoms with Crippen LogP contribution in [0.3, 0.4) is 0 Å². The van der Waals surface area contributed by atoms with E-state index in [1.165, 1.54) is 32.9 Å². The number of esters is 3. The summed E-state index contributed by atoms with van der Waals surface area (Å²) < 4.78 is 25.9. The number of rotatable bonds is 7. The number of hydrogen-bond acceptors (Lipinski definition) is 8. The molecule has 0 aliphatic heterocycles. The fourth-order valence-corrected chi connectivity index (χ4v) is 2.52. The van der Waals surface area contributed by atoms with Crippen molar-refractivity contribution in [2.24, 2.45) is 0 Å². The SMILES string of the molecule is COc1cc(/C=C/c2cc(OC(C)=O)c(OC(C)=O)c(OC(C)=O)c2)cc(OC)c1. The van der Waals surface area contributed by atoms with E-state index in [1.54, 1.807) is 44.6 Å². The van der Waals surface area contributed by atoms with Crippen LogP contribution >= 0.6 is 0 Å². The normalized spacial score (nSPS) is 10.4. The van der Waals surface area contributed by atoms with Crippen molar-refractivity contribution >= 4 is 30.1 Å². The molecule has 30 heavy (non-hydrogen) atoms. The molecule has 0 aliphatic rings. The highest BCUT2D eigenvalue weighted by molar-refractivity contribution is 5.80. The molecular weight excluding hydrogens is 392 g/mol. The van der Waals surface area contributed by atoms with Crippen LogP contribution in [0.15, 0.2) is 30.3 Å². The van der Waals surface area contributed by atoms with Gasteiger partial charge >= 0.3 is 17.9 Å². The van der Waals surface area contributed by atoms with E-state index in [4.69, 9.17) is 23.7 Å². The number of methoxy groups -OCH3 is 2. The summed E-state index contributed by atoms with van der Waals surface area (Å²) in [5.41, 5.74) is 1.30. The van der Waals surface area contributed by atoms with Crippen LogP contribution in [0.1, 0.15) is 31.9 Å². The summed E-state index contributed by atoms with van der Waals surface area (Å²) in [5.74, 6) is -0.970. The molecule has 8 nitrogen and oxygen atoms in total. The number of hydrogen-bond donors (Lipinski definition) is 0. The van der Waals surface area contributed by atoms with Crippen molar-refractivity contribution in [3.63, 3.8) is 0 Å². The molecule has 0 fully saturated rings. The number of carbonyl (C=O) groups excluding carboxylic acids is 3. The molecule has 0 saturated heterocycles. The van der Waals surface area contributed by atoms with E-state index in [-0.39, 0.29) is 17.2 Å². The lowest BCUT2D eigenvalue weighted by Gasteiger charge is -2.14. The van der Waals surface area contributed by atoms with Gasteiger partial charge < -0.3 is 23.7 Å². The van der Waals surface area contributed by atoms with Crippen molar-refractivity contribution in [3.8, 4) is 28.7 Å². The highest BCUT2D eigenvalue weighted by Crippen LogP contribution is 2.40. The Morgan fingerprint density at radius 3 is 1.40 bits per heavy atom. The number of ether oxygens (including phenoxy) is 5. The van der Waals surface area contributed by atoms with E-state index < -0.39 is 17.9 Å². The first-order valence-corrected chi connectivity index (χ1v) is 8.86. The monoisotopic (exact) mass is 414 g/mol. The molecule has 0 atom stereocenters. The third-order valence-electron chi connectivity index (χ3n) is 3.64. The Labute approximate surface area is 174 Å². The molecule has 0 aromatic heterocycles. The van der Waals surface area contributed by atoms with Gasteiger partial charge in [-0.25, -0.2) is 0 Å². The van der Waals surface area contributed by atoms with E-state index in [2.05, 4.69) is 0 Å². The predicted octanol–water partition coefficient (Wildman–Crippen LogP) is 3.65. The molecule has 0 unspecified atom stereocenters. The maximum atomic E-state index is 11.5. The van der Waals surface area contributed by atoms with Gasteiger partial charge in [-0.1, -0.05) is 12.2 Å². The van der Waals surface area contributed by atoms with Gasteiger partial charge in [-0.05, 0) is 35.4 Å². The first kappa shape index (κ1) is 22.5. The third kappa shape index (κ3) is 6.37. The van der Waals surface area contributed by atoms with Gasteiger partial charge in [0.05, 0.1) is 14.2 Å². The Bertz CT molecular complexity index is 931. The molecule has 0 amide bonds. The summed E-state index contributed by atoms with van der Waals surface area (Å²) >= 11 is 0. The molecule has 0 radical (unpaired) electrons. The van der Waals surface area contributed by atoms with Gasteiger partial charge in [0.2, 0.25) is 5.75 Å². The Balaban J connectivity index is 2.53. The van der Waals surface area contributed by atoms with Crippen molar-refractivity contribution in [1.82, 2.24) is 0 Å². The van der Waals surface area contributed by atoms with Crippen LogP contribution in [0.2, 0.25) is 0 Å². The van der Waals surface area contributed by atoms with Crippen molar-refractivity contribution in [2.45, 2.75) is 20.8 Å². The molecular formula is C22H22O8. The third-order valence-corrected chi connectivity index (χ3v) is 3.64. The van der Waals surface area contributed by atoms with E-state index >= 15 is 0 Å². The summed E-state index contributed by atoms with van der Waals surface area (Å²) in [6.07, 6.45) is 3.47. The average Bonchev–Trinajstić information content (AvgIpc) is 2.67.